The Hall–Kier alpha value is -4.25. The van der Waals surface area contributed by atoms with E-state index in [9.17, 15) is 16.8 Å². The van der Waals surface area contributed by atoms with Gasteiger partial charge in [-0.15, -0.1) is 0 Å². The standard InChI is InChI=1S/C25H25ClN6O8S2.C2H6/c1-37-18-8-9-20(26)21(12-18)40-22-23(32-42(35,36)31-13-17-6-4-3-5-7-17)29-16-30-24(22)38-10-11-39-25-27-14-19(15-28-25)41(2,33)34;1-2/h3-9,12,14-16,31H,10-11,13H2,1-2H3,(H,29,30,32);1-2H3. The van der Waals surface area contributed by atoms with Gasteiger partial charge in [-0.05, 0) is 17.7 Å². The van der Waals surface area contributed by atoms with E-state index >= 15 is 0 Å². The van der Waals surface area contributed by atoms with Gasteiger partial charge >= 0.3 is 16.2 Å². The fourth-order valence-electron chi connectivity index (χ4n) is 3.20. The third-order valence-corrected chi connectivity index (χ3v) is 7.61. The van der Waals surface area contributed by atoms with Gasteiger partial charge in [0.25, 0.3) is 5.88 Å². The zero-order valence-electron chi connectivity index (χ0n) is 24.2. The van der Waals surface area contributed by atoms with E-state index in [2.05, 4.69) is 29.4 Å². The van der Waals surface area contributed by atoms with Crippen molar-refractivity contribution in [3.05, 3.63) is 77.8 Å². The van der Waals surface area contributed by atoms with Gasteiger partial charge in [0, 0.05) is 18.9 Å². The van der Waals surface area contributed by atoms with Crippen molar-refractivity contribution < 1.29 is 35.8 Å². The first-order valence-electron chi connectivity index (χ1n) is 13.0. The van der Waals surface area contributed by atoms with Crippen molar-refractivity contribution in [2.75, 3.05) is 31.3 Å². The SMILES string of the molecule is CC.COc1ccc(Cl)c(Oc2c(NS(=O)(=O)NCc3ccccc3)ncnc2OCCOc2ncc(S(C)(=O)=O)cn2)c1. The molecule has 0 saturated carbocycles. The molecule has 0 aliphatic rings. The third-order valence-electron chi connectivity index (χ3n) is 5.25. The highest BCUT2D eigenvalue weighted by atomic mass is 35.5. The fraction of sp³-hybridized carbons (Fsp3) is 0.259. The molecule has 0 aliphatic carbocycles. The van der Waals surface area contributed by atoms with E-state index in [0.717, 1.165) is 30.5 Å². The van der Waals surface area contributed by atoms with Gasteiger partial charge in [-0.25, -0.2) is 23.4 Å². The Morgan fingerprint density at radius 2 is 1.57 bits per heavy atom. The lowest BCUT2D eigenvalue weighted by molar-refractivity contribution is 0.197. The monoisotopic (exact) mass is 666 g/mol. The van der Waals surface area contributed by atoms with Gasteiger partial charge in [-0.2, -0.15) is 18.1 Å². The molecule has 0 aliphatic heterocycles. The molecule has 2 aromatic carbocycles. The predicted octanol–water partition coefficient (Wildman–Crippen LogP) is 4.05. The zero-order valence-corrected chi connectivity index (χ0v) is 26.6. The van der Waals surface area contributed by atoms with E-state index in [-0.39, 0.29) is 58.9 Å². The second-order valence-electron chi connectivity index (χ2n) is 8.34. The van der Waals surface area contributed by atoms with Crippen LogP contribution in [-0.4, -0.2) is 63.4 Å². The number of nitrogens with one attached hydrogen (secondary N) is 2. The maximum absolute atomic E-state index is 12.9. The number of benzene rings is 2. The van der Waals surface area contributed by atoms with Crippen LogP contribution >= 0.6 is 11.6 Å². The molecule has 0 radical (unpaired) electrons. The molecule has 0 spiro atoms. The molecule has 236 valence electrons. The zero-order chi connectivity index (χ0) is 32.2. The molecule has 0 amide bonds. The van der Waals surface area contributed by atoms with Crippen molar-refractivity contribution in [1.82, 2.24) is 24.7 Å². The molecule has 0 saturated heterocycles. The molecule has 14 nitrogen and oxygen atoms in total. The van der Waals surface area contributed by atoms with Crippen LogP contribution in [0.15, 0.2) is 72.1 Å². The number of sulfone groups is 1. The normalized spacial score (nSPS) is 11.1. The van der Waals surface area contributed by atoms with Crippen LogP contribution in [0.5, 0.6) is 29.1 Å². The second kappa shape index (κ2) is 16.0. The van der Waals surface area contributed by atoms with Gasteiger partial charge in [-0.1, -0.05) is 55.8 Å². The van der Waals surface area contributed by atoms with Gasteiger partial charge in [0.2, 0.25) is 5.75 Å². The number of methoxy groups -OCH3 is 1. The second-order valence-corrected chi connectivity index (χ2v) is 12.3. The van der Waals surface area contributed by atoms with Crippen molar-refractivity contribution >= 4 is 37.5 Å². The van der Waals surface area contributed by atoms with Crippen molar-refractivity contribution in [1.29, 1.82) is 0 Å². The molecular formula is C27H31ClN6O8S2. The van der Waals surface area contributed by atoms with Gasteiger partial charge in [0.05, 0.1) is 24.5 Å². The number of halogens is 1. The van der Waals surface area contributed by atoms with E-state index in [1.807, 2.05) is 19.9 Å². The molecule has 2 aromatic heterocycles. The molecule has 4 rings (SSSR count). The average Bonchev–Trinajstić information content (AvgIpc) is 3.02. The number of ether oxygens (including phenoxy) is 4. The Bertz CT molecular complexity index is 1730. The maximum atomic E-state index is 12.9. The number of rotatable bonds is 14. The summed E-state index contributed by atoms with van der Waals surface area (Å²) in [4.78, 5) is 15.8. The third kappa shape index (κ3) is 10.2. The van der Waals surface area contributed by atoms with Crippen molar-refractivity contribution in [2.24, 2.45) is 0 Å². The topological polar surface area (TPSA) is 181 Å². The summed E-state index contributed by atoms with van der Waals surface area (Å²) in [7, 11) is -6.13. The Kier molecular flexibility index (Phi) is 12.5. The summed E-state index contributed by atoms with van der Waals surface area (Å²) in [6.45, 7) is 3.82. The highest BCUT2D eigenvalue weighted by Crippen LogP contribution is 2.40. The lowest BCUT2D eigenvalue weighted by Crippen LogP contribution is -2.30. The van der Waals surface area contributed by atoms with Crippen molar-refractivity contribution in [3.8, 4) is 29.1 Å². The largest absolute Gasteiger partial charge is 0.497 e. The quantitative estimate of drug-likeness (QED) is 0.185. The summed E-state index contributed by atoms with van der Waals surface area (Å²) in [5, 5.41) is 0.194. The number of hydrogen-bond acceptors (Lipinski definition) is 12. The van der Waals surface area contributed by atoms with Crippen LogP contribution in [0.2, 0.25) is 5.02 Å². The fourth-order valence-corrected chi connectivity index (χ4v) is 4.68. The Balaban J connectivity index is 0.00000259. The summed E-state index contributed by atoms with van der Waals surface area (Å²) in [5.74, 6) is -0.0206. The summed E-state index contributed by atoms with van der Waals surface area (Å²) >= 11 is 6.31. The van der Waals surface area contributed by atoms with E-state index in [0.29, 0.717) is 5.75 Å². The van der Waals surface area contributed by atoms with Crippen LogP contribution in [0.3, 0.4) is 0 Å². The summed E-state index contributed by atoms with van der Waals surface area (Å²) in [6.07, 6.45) is 4.36. The lowest BCUT2D eigenvalue weighted by atomic mass is 10.2. The van der Waals surface area contributed by atoms with Crippen LogP contribution in [0.1, 0.15) is 19.4 Å². The summed E-state index contributed by atoms with van der Waals surface area (Å²) < 4.78 is 75.9. The molecule has 17 heteroatoms. The van der Waals surface area contributed by atoms with Gasteiger partial charge in [0.1, 0.15) is 35.9 Å². The molecule has 0 fully saturated rings. The molecule has 44 heavy (non-hydrogen) atoms. The number of anilines is 1. The van der Waals surface area contributed by atoms with Crippen LogP contribution in [-0.2, 0) is 26.6 Å². The summed E-state index contributed by atoms with van der Waals surface area (Å²) in [5.41, 5.74) is 0.740. The van der Waals surface area contributed by atoms with Gasteiger partial charge < -0.3 is 18.9 Å². The Morgan fingerprint density at radius 1 is 0.886 bits per heavy atom. The van der Waals surface area contributed by atoms with E-state index < -0.39 is 20.0 Å². The Labute approximate surface area is 260 Å². The molecule has 0 atom stereocenters. The lowest BCUT2D eigenvalue weighted by Gasteiger charge is -2.17. The summed E-state index contributed by atoms with van der Waals surface area (Å²) in [6, 6.07) is 13.5. The molecule has 0 unspecified atom stereocenters. The van der Waals surface area contributed by atoms with E-state index in [4.69, 9.17) is 30.5 Å². The molecule has 2 heterocycles. The minimum atomic E-state index is -4.13. The average molecular weight is 667 g/mol. The van der Waals surface area contributed by atoms with Gasteiger partial charge in [0.15, 0.2) is 15.7 Å². The number of aromatic nitrogens is 4. The smallest absolute Gasteiger partial charge is 0.316 e. The van der Waals surface area contributed by atoms with E-state index in [1.165, 1.54) is 19.2 Å². The molecule has 0 bridgehead atoms. The van der Waals surface area contributed by atoms with E-state index in [1.54, 1.807) is 30.3 Å². The Morgan fingerprint density at radius 3 is 2.23 bits per heavy atom. The first-order valence-corrected chi connectivity index (χ1v) is 16.7. The predicted molar refractivity (Wildman–Crippen MR) is 163 cm³/mol. The van der Waals surface area contributed by atoms with Gasteiger partial charge in [-0.3, -0.25) is 4.72 Å². The van der Waals surface area contributed by atoms with Crippen molar-refractivity contribution in [3.63, 3.8) is 0 Å². The number of nitrogens with zero attached hydrogens (tertiary/aromatic N) is 4. The molecule has 2 N–H and O–H groups in total. The van der Waals surface area contributed by atoms with Crippen LogP contribution in [0.4, 0.5) is 5.82 Å². The maximum Gasteiger partial charge on any atom is 0.316 e. The highest BCUT2D eigenvalue weighted by molar-refractivity contribution is 7.91. The van der Waals surface area contributed by atoms with Crippen LogP contribution in [0.25, 0.3) is 0 Å². The first-order chi connectivity index (χ1) is 21.0. The van der Waals surface area contributed by atoms with Crippen molar-refractivity contribution in [2.45, 2.75) is 25.3 Å². The van der Waals surface area contributed by atoms with Crippen LogP contribution < -0.4 is 28.4 Å². The minimum Gasteiger partial charge on any atom is -0.497 e. The minimum absolute atomic E-state index is 0.0209. The van der Waals surface area contributed by atoms with Crippen LogP contribution in [0, 0.1) is 0 Å². The highest BCUT2D eigenvalue weighted by Gasteiger charge is 2.22. The number of hydrogen-bond donors (Lipinski definition) is 2. The molecule has 4 aromatic rings. The first kappa shape index (κ1) is 34.2. The molecular weight excluding hydrogens is 636 g/mol.